The van der Waals surface area contributed by atoms with Crippen LogP contribution in [0.4, 0.5) is 0 Å². The summed E-state index contributed by atoms with van der Waals surface area (Å²) in [6.07, 6.45) is 20.0. The number of fused-ring (bicyclic) bond motifs is 1. The number of aromatic nitrogens is 1. The Kier molecular flexibility index (Phi) is 12.2. The third-order valence-electron chi connectivity index (χ3n) is 5.52. The second kappa shape index (κ2) is 15.3. The van der Waals surface area contributed by atoms with Crippen LogP contribution in [0, 0.1) is 10.8 Å². The van der Waals surface area contributed by atoms with Gasteiger partial charge < -0.3 is 20.0 Å². The zero-order valence-electron chi connectivity index (χ0n) is 18.7. The molecule has 0 unspecified atom stereocenters. The van der Waals surface area contributed by atoms with E-state index < -0.39 is 5.63 Å². The maximum absolute atomic E-state index is 12.1. The van der Waals surface area contributed by atoms with Crippen molar-refractivity contribution in [2.45, 2.75) is 89.9 Å². The molecule has 0 aliphatic carbocycles. The minimum absolute atomic E-state index is 0.0230. The van der Waals surface area contributed by atoms with Crippen molar-refractivity contribution in [2.24, 2.45) is 0 Å². The lowest BCUT2D eigenvalue weighted by molar-refractivity contribution is 0.211. The fraction of sp³-hybridized carbons (Fsp3) is 0.600. The molecule has 2 aromatic rings. The van der Waals surface area contributed by atoms with Crippen LogP contribution in [0.25, 0.3) is 10.9 Å². The Morgan fingerprint density at radius 3 is 2.00 bits per heavy atom. The Morgan fingerprint density at radius 2 is 1.42 bits per heavy atom. The van der Waals surface area contributed by atoms with Crippen molar-refractivity contribution in [1.82, 2.24) is 4.98 Å². The Bertz CT molecular complexity index is 848. The molecule has 0 aliphatic heterocycles. The molecule has 0 saturated heterocycles. The summed E-state index contributed by atoms with van der Waals surface area (Å²) in [6, 6.07) is 5.06. The molecule has 0 radical (unpaired) electrons. The average molecular weight is 428 g/mol. The summed E-state index contributed by atoms with van der Waals surface area (Å²) in [5.74, 6) is 0. The predicted molar refractivity (Wildman–Crippen MR) is 127 cm³/mol. The Hall–Kier alpha value is -2.50. The van der Waals surface area contributed by atoms with Crippen molar-refractivity contribution in [3.63, 3.8) is 0 Å². The van der Waals surface area contributed by atoms with Crippen LogP contribution in [0.15, 0.2) is 27.4 Å². The van der Waals surface area contributed by atoms with Crippen LogP contribution in [0.2, 0.25) is 0 Å². The van der Waals surface area contributed by atoms with E-state index in [0.29, 0.717) is 23.1 Å². The van der Waals surface area contributed by atoms with Gasteiger partial charge in [0.25, 0.3) is 0 Å². The standard InChI is InChI=1S/C25H37N3O3/c26-17-13-11-9-7-5-3-1-2-4-6-8-10-12-14-18-30-25-28-23-16-15-21(20-27)19-22(23)24(29)31-25/h15-17,19-20,26-27H,1-14,18H2. The van der Waals surface area contributed by atoms with E-state index in [4.69, 9.17) is 20.0 Å². The van der Waals surface area contributed by atoms with Gasteiger partial charge in [-0.05, 0) is 43.2 Å². The number of hydrogen-bond donors (Lipinski definition) is 2. The van der Waals surface area contributed by atoms with Gasteiger partial charge in [-0.15, -0.1) is 0 Å². The third kappa shape index (κ3) is 9.90. The van der Waals surface area contributed by atoms with E-state index in [1.165, 1.54) is 83.1 Å². The van der Waals surface area contributed by atoms with Gasteiger partial charge in [0, 0.05) is 6.21 Å². The quantitative estimate of drug-likeness (QED) is 0.205. The van der Waals surface area contributed by atoms with E-state index in [1.807, 2.05) is 0 Å². The lowest BCUT2D eigenvalue weighted by Gasteiger charge is -2.05. The van der Waals surface area contributed by atoms with Crippen molar-refractivity contribution in [3.05, 3.63) is 34.2 Å². The highest BCUT2D eigenvalue weighted by Gasteiger charge is 2.08. The average Bonchev–Trinajstić information content (AvgIpc) is 2.78. The maximum atomic E-state index is 12.1. The summed E-state index contributed by atoms with van der Waals surface area (Å²) in [4.78, 5) is 16.3. The summed E-state index contributed by atoms with van der Waals surface area (Å²) in [7, 11) is 0. The van der Waals surface area contributed by atoms with E-state index >= 15 is 0 Å². The van der Waals surface area contributed by atoms with Crippen LogP contribution < -0.4 is 10.4 Å². The number of nitrogens with zero attached hydrogens (tertiary/aromatic N) is 1. The minimum Gasteiger partial charge on any atom is -0.450 e. The van der Waals surface area contributed by atoms with Crippen LogP contribution in [0.5, 0.6) is 6.08 Å². The highest BCUT2D eigenvalue weighted by molar-refractivity contribution is 5.86. The molecule has 2 N–H and O–H groups in total. The van der Waals surface area contributed by atoms with E-state index in [1.54, 1.807) is 18.2 Å². The van der Waals surface area contributed by atoms with Crippen LogP contribution >= 0.6 is 0 Å². The van der Waals surface area contributed by atoms with Gasteiger partial charge in [0.05, 0.1) is 17.5 Å². The summed E-state index contributed by atoms with van der Waals surface area (Å²) in [5, 5.41) is 14.6. The predicted octanol–water partition coefficient (Wildman–Crippen LogP) is 6.68. The summed E-state index contributed by atoms with van der Waals surface area (Å²) >= 11 is 0. The van der Waals surface area contributed by atoms with Gasteiger partial charge in [-0.3, -0.25) is 0 Å². The van der Waals surface area contributed by atoms with E-state index in [0.717, 1.165) is 19.3 Å². The van der Waals surface area contributed by atoms with Crippen LogP contribution in [0.3, 0.4) is 0 Å². The van der Waals surface area contributed by atoms with Crippen molar-refractivity contribution in [2.75, 3.05) is 6.61 Å². The zero-order valence-corrected chi connectivity index (χ0v) is 18.7. The molecule has 31 heavy (non-hydrogen) atoms. The first-order valence-corrected chi connectivity index (χ1v) is 11.8. The molecule has 1 aromatic heterocycles. The van der Waals surface area contributed by atoms with E-state index in [-0.39, 0.29) is 6.08 Å². The first-order chi connectivity index (χ1) is 15.2. The Balaban J connectivity index is 1.46. The molecule has 2 rings (SSSR count). The second-order valence-corrected chi connectivity index (χ2v) is 8.13. The first kappa shape index (κ1) is 24.8. The third-order valence-corrected chi connectivity index (χ3v) is 5.52. The number of benzene rings is 1. The molecule has 0 aliphatic rings. The van der Waals surface area contributed by atoms with E-state index in [9.17, 15) is 4.79 Å². The fourth-order valence-electron chi connectivity index (χ4n) is 3.67. The largest absolute Gasteiger partial charge is 0.450 e. The normalized spacial score (nSPS) is 11.0. The number of unbranched alkanes of at least 4 members (excludes halogenated alkanes) is 13. The topological polar surface area (TPSA) is 100 Å². The molecule has 0 saturated carbocycles. The van der Waals surface area contributed by atoms with Gasteiger partial charge >= 0.3 is 11.7 Å². The monoisotopic (exact) mass is 427 g/mol. The number of rotatable bonds is 18. The molecular formula is C25H37N3O3. The number of ether oxygens (including phenoxy) is 1. The van der Waals surface area contributed by atoms with Crippen LogP contribution in [-0.4, -0.2) is 24.0 Å². The van der Waals surface area contributed by atoms with Gasteiger partial charge in [0.2, 0.25) is 0 Å². The summed E-state index contributed by atoms with van der Waals surface area (Å²) in [6.45, 7) is 0.500. The molecule has 0 bridgehead atoms. The zero-order chi connectivity index (χ0) is 22.2. The maximum Gasteiger partial charge on any atom is 0.397 e. The molecule has 0 spiro atoms. The van der Waals surface area contributed by atoms with Crippen molar-refractivity contribution >= 4 is 23.3 Å². The molecule has 0 atom stereocenters. The Morgan fingerprint density at radius 1 is 0.839 bits per heavy atom. The molecule has 170 valence electrons. The first-order valence-electron chi connectivity index (χ1n) is 11.8. The second-order valence-electron chi connectivity index (χ2n) is 8.13. The van der Waals surface area contributed by atoms with Crippen molar-refractivity contribution in [1.29, 1.82) is 10.8 Å². The molecule has 6 heteroatoms. The Labute approximate surface area is 185 Å². The summed E-state index contributed by atoms with van der Waals surface area (Å²) < 4.78 is 10.7. The highest BCUT2D eigenvalue weighted by atomic mass is 16.6. The van der Waals surface area contributed by atoms with Crippen LogP contribution in [0.1, 0.15) is 95.5 Å². The molecule has 1 aromatic carbocycles. The number of nitrogens with one attached hydrogen (secondary N) is 2. The van der Waals surface area contributed by atoms with Gasteiger partial charge in [-0.2, -0.15) is 4.98 Å². The SMILES string of the molecule is N=CCCCCCCCCCCCCCCCOc1nc2ccc(C=N)cc2c(=O)o1. The molecule has 6 nitrogen and oxygen atoms in total. The fourth-order valence-corrected chi connectivity index (χ4v) is 3.67. The molecule has 0 amide bonds. The van der Waals surface area contributed by atoms with Crippen LogP contribution in [-0.2, 0) is 0 Å². The van der Waals surface area contributed by atoms with E-state index in [2.05, 4.69) is 4.98 Å². The van der Waals surface area contributed by atoms with Gasteiger partial charge in [0.1, 0.15) is 0 Å². The summed E-state index contributed by atoms with van der Waals surface area (Å²) in [5.41, 5.74) is 0.688. The highest BCUT2D eigenvalue weighted by Crippen LogP contribution is 2.15. The lowest BCUT2D eigenvalue weighted by Crippen LogP contribution is -2.06. The molecule has 1 heterocycles. The van der Waals surface area contributed by atoms with Gasteiger partial charge in [0.15, 0.2) is 0 Å². The molecular weight excluding hydrogens is 390 g/mol. The number of hydrogen-bond acceptors (Lipinski definition) is 6. The van der Waals surface area contributed by atoms with Gasteiger partial charge in [-0.25, -0.2) is 4.79 Å². The smallest absolute Gasteiger partial charge is 0.397 e. The van der Waals surface area contributed by atoms with Crippen molar-refractivity contribution in [3.8, 4) is 6.08 Å². The molecule has 0 fully saturated rings. The van der Waals surface area contributed by atoms with Crippen molar-refractivity contribution < 1.29 is 9.15 Å². The lowest BCUT2D eigenvalue weighted by atomic mass is 10.0. The van der Waals surface area contributed by atoms with Gasteiger partial charge in [-0.1, -0.05) is 76.7 Å². The minimum atomic E-state index is -0.480.